The lowest BCUT2D eigenvalue weighted by Crippen LogP contribution is -2.68. The molecule has 118 valence electrons. The first-order chi connectivity index (χ1) is 9.91. The Morgan fingerprint density at radius 2 is 1.90 bits per heavy atom. The van der Waals surface area contributed by atoms with E-state index in [0.29, 0.717) is 6.61 Å². The molecule has 21 heavy (non-hydrogen) atoms. The van der Waals surface area contributed by atoms with Gasteiger partial charge in [-0.15, -0.1) is 0 Å². The van der Waals surface area contributed by atoms with Gasteiger partial charge in [-0.3, -0.25) is 9.59 Å². The highest BCUT2D eigenvalue weighted by Crippen LogP contribution is 2.33. The lowest BCUT2D eigenvalue weighted by molar-refractivity contribution is -0.171. The molecule has 2 amide bonds. The van der Waals surface area contributed by atoms with Crippen molar-refractivity contribution in [1.82, 2.24) is 9.80 Å². The number of piperazine rings is 1. The second-order valence-electron chi connectivity index (χ2n) is 7.22. The minimum atomic E-state index is -0.328. The van der Waals surface area contributed by atoms with Crippen molar-refractivity contribution in [3.05, 3.63) is 0 Å². The number of carbonyl (C=O) groups is 2. The molecule has 5 heteroatoms. The molecule has 0 saturated carbocycles. The van der Waals surface area contributed by atoms with E-state index < -0.39 is 0 Å². The van der Waals surface area contributed by atoms with Crippen LogP contribution in [0, 0.1) is 0 Å². The number of hydrogen-bond acceptors (Lipinski definition) is 3. The highest BCUT2D eigenvalue weighted by Gasteiger charge is 2.48. The Morgan fingerprint density at radius 3 is 2.62 bits per heavy atom. The van der Waals surface area contributed by atoms with Gasteiger partial charge in [0.05, 0.1) is 5.60 Å². The minimum Gasteiger partial charge on any atom is -0.375 e. The Morgan fingerprint density at radius 1 is 1.14 bits per heavy atom. The standard InChI is InChI=1S/C16H26N2O3/c1-11-14(19)17-8-5-4-6-13(17)15(20)18(11)12-7-9-21-16(2,3)10-12/h11-13H,4-10H2,1-3H3. The largest absolute Gasteiger partial charge is 0.375 e. The lowest BCUT2D eigenvalue weighted by atomic mass is 9.88. The second kappa shape index (κ2) is 5.27. The zero-order valence-electron chi connectivity index (χ0n) is 13.3. The molecule has 0 spiro atoms. The zero-order chi connectivity index (χ0) is 15.2. The summed E-state index contributed by atoms with van der Waals surface area (Å²) in [6.45, 7) is 7.41. The third-order valence-electron chi connectivity index (χ3n) is 5.16. The number of amides is 2. The maximum Gasteiger partial charge on any atom is 0.246 e. The molecule has 0 aromatic heterocycles. The quantitative estimate of drug-likeness (QED) is 0.737. The van der Waals surface area contributed by atoms with Gasteiger partial charge in [0.2, 0.25) is 11.8 Å². The molecule has 3 aliphatic heterocycles. The van der Waals surface area contributed by atoms with Gasteiger partial charge in [-0.1, -0.05) is 0 Å². The average molecular weight is 294 g/mol. The fraction of sp³-hybridized carbons (Fsp3) is 0.875. The molecule has 3 fully saturated rings. The van der Waals surface area contributed by atoms with Gasteiger partial charge < -0.3 is 14.5 Å². The van der Waals surface area contributed by atoms with Gasteiger partial charge in [0.1, 0.15) is 12.1 Å². The van der Waals surface area contributed by atoms with Crippen LogP contribution in [-0.4, -0.2) is 58.5 Å². The van der Waals surface area contributed by atoms with Crippen molar-refractivity contribution in [1.29, 1.82) is 0 Å². The molecule has 3 unspecified atom stereocenters. The van der Waals surface area contributed by atoms with Gasteiger partial charge in [-0.25, -0.2) is 0 Å². The smallest absolute Gasteiger partial charge is 0.246 e. The van der Waals surface area contributed by atoms with E-state index in [1.165, 1.54) is 0 Å². The van der Waals surface area contributed by atoms with Gasteiger partial charge in [-0.2, -0.15) is 0 Å². The predicted octanol–water partition coefficient (Wildman–Crippen LogP) is 1.56. The summed E-state index contributed by atoms with van der Waals surface area (Å²) >= 11 is 0. The summed E-state index contributed by atoms with van der Waals surface area (Å²) in [5.74, 6) is 0.285. The Balaban J connectivity index is 1.84. The average Bonchev–Trinajstić information content (AvgIpc) is 2.44. The van der Waals surface area contributed by atoms with E-state index in [1.54, 1.807) is 0 Å². The molecule has 3 atom stereocenters. The molecule has 0 bridgehead atoms. The Labute approximate surface area is 126 Å². The zero-order valence-corrected chi connectivity index (χ0v) is 13.3. The van der Waals surface area contributed by atoms with Gasteiger partial charge in [0, 0.05) is 19.2 Å². The van der Waals surface area contributed by atoms with Crippen LogP contribution in [0.25, 0.3) is 0 Å². The normalized spacial score (nSPS) is 36.6. The van der Waals surface area contributed by atoms with Crippen LogP contribution in [-0.2, 0) is 14.3 Å². The highest BCUT2D eigenvalue weighted by atomic mass is 16.5. The monoisotopic (exact) mass is 294 g/mol. The summed E-state index contributed by atoms with van der Waals surface area (Å²) in [5.41, 5.74) is -0.213. The number of rotatable bonds is 1. The Kier molecular flexibility index (Phi) is 3.72. The maximum atomic E-state index is 12.9. The molecule has 0 aromatic rings. The number of fused-ring (bicyclic) bond motifs is 1. The van der Waals surface area contributed by atoms with Crippen molar-refractivity contribution >= 4 is 11.8 Å². The number of carbonyl (C=O) groups excluding carboxylic acids is 2. The molecular weight excluding hydrogens is 268 g/mol. The van der Waals surface area contributed by atoms with Crippen LogP contribution in [0.3, 0.4) is 0 Å². The minimum absolute atomic E-state index is 0.128. The van der Waals surface area contributed by atoms with Crippen LogP contribution in [0.5, 0.6) is 0 Å². The molecule has 3 aliphatic rings. The first-order valence-electron chi connectivity index (χ1n) is 8.17. The maximum absolute atomic E-state index is 12.9. The fourth-order valence-corrected chi connectivity index (χ4v) is 4.11. The molecule has 3 rings (SSSR count). The number of piperidine rings is 1. The van der Waals surface area contributed by atoms with Crippen molar-refractivity contribution in [3.8, 4) is 0 Å². The summed E-state index contributed by atoms with van der Waals surface area (Å²) in [7, 11) is 0. The van der Waals surface area contributed by atoms with Crippen LogP contribution < -0.4 is 0 Å². The van der Waals surface area contributed by atoms with Crippen molar-refractivity contribution in [2.75, 3.05) is 13.2 Å². The van der Waals surface area contributed by atoms with Gasteiger partial charge >= 0.3 is 0 Å². The van der Waals surface area contributed by atoms with Gasteiger partial charge in [0.15, 0.2) is 0 Å². The fourth-order valence-electron chi connectivity index (χ4n) is 4.11. The molecular formula is C16H26N2O3. The summed E-state index contributed by atoms with van der Waals surface area (Å²) < 4.78 is 5.76. The second-order valence-corrected chi connectivity index (χ2v) is 7.22. The van der Waals surface area contributed by atoms with Gasteiger partial charge in [0.25, 0.3) is 0 Å². The molecule has 0 aliphatic carbocycles. The highest BCUT2D eigenvalue weighted by molar-refractivity contribution is 5.97. The van der Waals surface area contributed by atoms with Crippen molar-refractivity contribution < 1.29 is 14.3 Å². The van der Waals surface area contributed by atoms with Crippen LogP contribution in [0.1, 0.15) is 52.9 Å². The van der Waals surface area contributed by atoms with E-state index in [0.717, 1.165) is 38.6 Å². The van der Waals surface area contributed by atoms with Gasteiger partial charge in [-0.05, 0) is 52.9 Å². The molecule has 3 saturated heterocycles. The molecule has 3 heterocycles. The number of ether oxygens (including phenoxy) is 1. The Hall–Kier alpha value is -1.10. The van der Waals surface area contributed by atoms with E-state index in [-0.39, 0.29) is 35.5 Å². The lowest BCUT2D eigenvalue weighted by Gasteiger charge is -2.50. The molecule has 0 aromatic carbocycles. The third kappa shape index (κ3) is 2.56. The molecule has 5 nitrogen and oxygen atoms in total. The predicted molar refractivity (Wildman–Crippen MR) is 78.7 cm³/mol. The summed E-state index contributed by atoms with van der Waals surface area (Å²) in [6, 6.07) is -0.413. The van der Waals surface area contributed by atoms with Crippen LogP contribution in [0.2, 0.25) is 0 Å². The number of nitrogens with zero attached hydrogens (tertiary/aromatic N) is 2. The summed E-state index contributed by atoms with van der Waals surface area (Å²) in [6.07, 6.45) is 4.53. The Bertz CT molecular complexity index is 449. The molecule has 0 radical (unpaired) electrons. The van der Waals surface area contributed by atoms with Crippen LogP contribution >= 0.6 is 0 Å². The first-order valence-corrected chi connectivity index (χ1v) is 8.17. The number of hydrogen-bond donors (Lipinski definition) is 0. The van der Waals surface area contributed by atoms with E-state index in [1.807, 2.05) is 16.7 Å². The van der Waals surface area contributed by atoms with E-state index in [2.05, 4.69) is 13.8 Å². The SMILES string of the molecule is CC1C(=O)N2CCCCC2C(=O)N1C1CCOC(C)(C)C1. The van der Waals surface area contributed by atoms with E-state index in [9.17, 15) is 9.59 Å². The van der Waals surface area contributed by atoms with Crippen LogP contribution in [0.15, 0.2) is 0 Å². The summed E-state index contributed by atoms with van der Waals surface area (Å²) in [4.78, 5) is 29.2. The molecule has 0 N–H and O–H groups in total. The van der Waals surface area contributed by atoms with E-state index >= 15 is 0 Å². The first kappa shape index (κ1) is 14.8. The van der Waals surface area contributed by atoms with Crippen molar-refractivity contribution in [2.24, 2.45) is 0 Å². The van der Waals surface area contributed by atoms with Crippen molar-refractivity contribution in [3.63, 3.8) is 0 Å². The topological polar surface area (TPSA) is 49.9 Å². The summed E-state index contributed by atoms with van der Waals surface area (Å²) in [5, 5.41) is 0. The van der Waals surface area contributed by atoms with E-state index in [4.69, 9.17) is 4.74 Å². The third-order valence-corrected chi connectivity index (χ3v) is 5.16. The van der Waals surface area contributed by atoms with Crippen molar-refractivity contribution in [2.45, 2.75) is 76.6 Å². The van der Waals surface area contributed by atoms with Crippen LogP contribution in [0.4, 0.5) is 0 Å².